The predicted molar refractivity (Wildman–Crippen MR) is 72.8 cm³/mol. The minimum atomic E-state index is -0.996. The molecule has 1 N–H and O–H groups in total. The molecule has 0 spiro atoms. The van der Waals surface area contributed by atoms with Gasteiger partial charge in [-0.1, -0.05) is 0 Å². The number of aromatic carboxylic acids is 1. The van der Waals surface area contributed by atoms with E-state index in [-0.39, 0.29) is 5.69 Å². The number of hydrogen-bond donors (Lipinski definition) is 1. The zero-order valence-corrected chi connectivity index (χ0v) is 11.8. The van der Waals surface area contributed by atoms with Crippen LogP contribution < -0.4 is 0 Å². The quantitative estimate of drug-likeness (QED) is 0.864. The number of rotatable bonds is 4. The van der Waals surface area contributed by atoms with Gasteiger partial charge < -0.3 is 5.11 Å². The lowest BCUT2D eigenvalue weighted by Crippen LogP contribution is -1.99. The molecule has 88 valence electrons. The van der Waals surface area contributed by atoms with E-state index >= 15 is 0 Å². The molecule has 0 amide bonds. The van der Waals surface area contributed by atoms with Gasteiger partial charge in [0.2, 0.25) is 0 Å². The standard InChI is InChI=1S/C11H8BrNO2S2/c12-8-2-4-16-10(8)6-17-7-1-3-13-9(5-7)11(14)15/h1-5H,6H2,(H,14,15). The lowest BCUT2D eigenvalue weighted by atomic mass is 10.3. The lowest BCUT2D eigenvalue weighted by molar-refractivity contribution is 0.0690. The number of halogens is 1. The van der Waals surface area contributed by atoms with Crippen LogP contribution >= 0.6 is 39.0 Å². The number of hydrogen-bond acceptors (Lipinski definition) is 4. The van der Waals surface area contributed by atoms with Crippen molar-refractivity contribution in [2.75, 3.05) is 0 Å². The molecule has 0 aliphatic rings. The van der Waals surface area contributed by atoms with Crippen molar-refractivity contribution < 1.29 is 9.90 Å². The maximum Gasteiger partial charge on any atom is 0.354 e. The number of carboxylic acids is 1. The number of pyridine rings is 1. The second-order valence-corrected chi connectivity index (χ2v) is 6.07. The van der Waals surface area contributed by atoms with E-state index in [0.717, 1.165) is 15.1 Å². The molecule has 2 rings (SSSR count). The van der Waals surface area contributed by atoms with Gasteiger partial charge in [0.1, 0.15) is 5.69 Å². The van der Waals surface area contributed by atoms with Gasteiger partial charge in [0.05, 0.1) is 0 Å². The van der Waals surface area contributed by atoms with Crippen molar-refractivity contribution in [3.8, 4) is 0 Å². The second kappa shape index (κ2) is 5.66. The van der Waals surface area contributed by atoms with Gasteiger partial charge in [0.15, 0.2) is 0 Å². The number of thiophene rings is 1. The molecular weight excluding hydrogens is 322 g/mol. The van der Waals surface area contributed by atoms with Gasteiger partial charge in [0, 0.05) is 26.2 Å². The summed E-state index contributed by atoms with van der Waals surface area (Å²) in [7, 11) is 0. The molecule has 0 aromatic carbocycles. The molecule has 0 aliphatic carbocycles. The molecule has 2 aromatic rings. The summed E-state index contributed by atoms with van der Waals surface area (Å²) in [5, 5.41) is 10.9. The highest BCUT2D eigenvalue weighted by Crippen LogP contribution is 2.30. The summed E-state index contributed by atoms with van der Waals surface area (Å²) in [6, 6.07) is 5.42. The van der Waals surface area contributed by atoms with E-state index in [1.54, 1.807) is 29.2 Å². The van der Waals surface area contributed by atoms with Crippen molar-refractivity contribution in [1.29, 1.82) is 0 Å². The van der Waals surface area contributed by atoms with E-state index < -0.39 is 5.97 Å². The van der Waals surface area contributed by atoms with Crippen molar-refractivity contribution in [2.45, 2.75) is 10.6 Å². The zero-order chi connectivity index (χ0) is 12.3. The van der Waals surface area contributed by atoms with Crippen LogP contribution in [0.15, 0.2) is 39.1 Å². The van der Waals surface area contributed by atoms with Gasteiger partial charge in [0.25, 0.3) is 0 Å². The van der Waals surface area contributed by atoms with Gasteiger partial charge >= 0.3 is 5.97 Å². The third kappa shape index (κ3) is 3.31. The molecule has 0 radical (unpaired) electrons. The molecule has 0 fully saturated rings. The average molecular weight is 330 g/mol. The van der Waals surface area contributed by atoms with Crippen LogP contribution in [0.3, 0.4) is 0 Å². The highest BCUT2D eigenvalue weighted by atomic mass is 79.9. The minimum absolute atomic E-state index is 0.0836. The first-order valence-corrected chi connectivity index (χ1v) is 7.36. The van der Waals surface area contributed by atoms with Crippen LogP contribution in [0.1, 0.15) is 15.4 Å². The zero-order valence-electron chi connectivity index (χ0n) is 8.59. The fraction of sp³-hybridized carbons (Fsp3) is 0.0909. The summed E-state index contributed by atoms with van der Waals surface area (Å²) in [6.07, 6.45) is 1.52. The van der Waals surface area contributed by atoms with Crippen molar-refractivity contribution in [3.05, 3.63) is 44.8 Å². The fourth-order valence-corrected chi connectivity index (χ4v) is 3.91. The smallest absolute Gasteiger partial charge is 0.354 e. The Morgan fingerprint density at radius 1 is 1.53 bits per heavy atom. The number of nitrogens with zero attached hydrogens (tertiary/aromatic N) is 1. The molecule has 6 heteroatoms. The van der Waals surface area contributed by atoms with Crippen LogP contribution in [0.25, 0.3) is 0 Å². The number of thioether (sulfide) groups is 1. The third-order valence-corrected chi connectivity index (χ3v) is 5.14. The van der Waals surface area contributed by atoms with E-state index in [2.05, 4.69) is 20.9 Å². The second-order valence-electron chi connectivity index (χ2n) is 3.16. The lowest BCUT2D eigenvalue weighted by Gasteiger charge is -2.01. The molecule has 0 atom stereocenters. The Balaban J connectivity index is 2.07. The van der Waals surface area contributed by atoms with Crippen LogP contribution in [0.4, 0.5) is 0 Å². The summed E-state index contributed by atoms with van der Waals surface area (Å²) >= 11 is 6.75. The first-order valence-electron chi connectivity index (χ1n) is 4.71. The Bertz CT molecular complexity index is 542. The summed E-state index contributed by atoms with van der Waals surface area (Å²) in [5.74, 6) is -0.175. The Morgan fingerprint density at radius 3 is 3.00 bits per heavy atom. The topological polar surface area (TPSA) is 50.2 Å². The molecule has 2 heterocycles. The van der Waals surface area contributed by atoms with Crippen LogP contribution in [0.5, 0.6) is 0 Å². The SMILES string of the molecule is O=C(O)c1cc(SCc2sccc2Br)ccn1. The maximum absolute atomic E-state index is 10.8. The third-order valence-electron chi connectivity index (χ3n) is 2.01. The van der Waals surface area contributed by atoms with E-state index in [1.807, 2.05) is 17.5 Å². The Labute approximate surface area is 115 Å². The predicted octanol–water partition coefficient (Wildman–Crippen LogP) is 3.90. The molecule has 0 bridgehead atoms. The van der Waals surface area contributed by atoms with Crippen molar-refractivity contribution in [2.24, 2.45) is 0 Å². The highest BCUT2D eigenvalue weighted by Gasteiger charge is 2.07. The van der Waals surface area contributed by atoms with E-state index in [1.165, 1.54) is 11.1 Å². The van der Waals surface area contributed by atoms with Gasteiger partial charge in [-0.15, -0.1) is 23.1 Å². The van der Waals surface area contributed by atoms with Crippen molar-refractivity contribution in [1.82, 2.24) is 4.98 Å². The molecule has 3 nitrogen and oxygen atoms in total. The molecule has 17 heavy (non-hydrogen) atoms. The molecular formula is C11H8BrNO2S2. The molecule has 0 aliphatic heterocycles. The number of carboxylic acid groups (broad SMARTS) is 1. The molecule has 2 aromatic heterocycles. The van der Waals surface area contributed by atoms with E-state index in [4.69, 9.17) is 5.11 Å². The summed E-state index contributed by atoms with van der Waals surface area (Å²) in [4.78, 5) is 16.7. The first-order chi connectivity index (χ1) is 8.16. The van der Waals surface area contributed by atoms with Crippen molar-refractivity contribution in [3.63, 3.8) is 0 Å². The van der Waals surface area contributed by atoms with Crippen LogP contribution in [0.2, 0.25) is 0 Å². The van der Waals surface area contributed by atoms with Crippen LogP contribution in [0, 0.1) is 0 Å². The maximum atomic E-state index is 10.8. The van der Waals surface area contributed by atoms with Gasteiger partial charge in [-0.2, -0.15) is 0 Å². The summed E-state index contributed by atoms with van der Waals surface area (Å²) in [6.45, 7) is 0. The number of carbonyl (C=O) groups is 1. The minimum Gasteiger partial charge on any atom is -0.477 e. The molecule has 0 unspecified atom stereocenters. The largest absolute Gasteiger partial charge is 0.477 e. The Kier molecular flexibility index (Phi) is 4.20. The monoisotopic (exact) mass is 329 g/mol. The van der Waals surface area contributed by atoms with Crippen molar-refractivity contribution >= 4 is 45.0 Å². The van der Waals surface area contributed by atoms with Gasteiger partial charge in [-0.05, 0) is 39.5 Å². The first kappa shape index (κ1) is 12.6. The van der Waals surface area contributed by atoms with Gasteiger partial charge in [-0.3, -0.25) is 0 Å². The summed E-state index contributed by atoms with van der Waals surface area (Å²) < 4.78 is 1.10. The number of aromatic nitrogens is 1. The van der Waals surface area contributed by atoms with Gasteiger partial charge in [-0.25, -0.2) is 9.78 Å². The highest BCUT2D eigenvalue weighted by molar-refractivity contribution is 9.10. The molecule has 0 saturated carbocycles. The van der Waals surface area contributed by atoms with E-state index in [9.17, 15) is 4.79 Å². The Hall–Kier alpha value is -0.850. The fourth-order valence-electron chi connectivity index (χ4n) is 1.19. The Morgan fingerprint density at radius 2 is 2.35 bits per heavy atom. The normalized spacial score (nSPS) is 10.4. The summed E-state index contributed by atoms with van der Waals surface area (Å²) in [5.41, 5.74) is 0.0836. The van der Waals surface area contributed by atoms with Crippen LogP contribution in [-0.4, -0.2) is 16.1 Å². The average Bonchev–Trinajstić information content (AvgIpc) is 2.72. The van der Waals surface area contributed by atoms with Crippen LogP contribution in [-0.2, 0) is 5.75 Å². The molecule has 0 saturated heterocycles. The van der Waals surface area contributed by atoms with E-state index in [0.29, 0.717) is 0 Å².